The van der Waals surface area contributed by atoms with E-state index in [9.17, 15) is 0 Å². The molecule has 1 rings (SSSR count). The minimum absolute atomic E-state index is 0.0803. The molecule has 0 amide bonds. The van der Waals surface area contributed by atoms with Gasteiger partial charge in [0.2, 0.25) is 0 Å². The van der Waals surface area contributed by atoms with Crippen LogP contribution in [-0.2, 0) is 6.54 Å². The van der Waals surface area contributed by atoms with E-state index in [0.717, 1.165) is 35.2 Å². The normalized spacial score (nSPS) is 11.2. The smallest absolute Gasteiger partial charge is 0.126 e. The summed E-state index contributed by atoms with van der Waals surface area (Å²) >= 11 is 3.55. The largest absolute Gasteiger partial charge is 0.493 e. The van der Waals surface area contributed by atoms with Crippen molar-refractivity contribution >= 4 is 15.9 Å². The minimum atomic E-state index is 0.0803. The highest BCUT2D eigenvalue weighted by molar-refractivity contribution is 9.10. The Morgan fingerprint density at radius 1 is 1.35 bits per heavy atom. The Morgan fingerprint density at radius 3 is 2.65 bits per heavy atom. The van der Waals surface area contributed by atoms with E-state index in [-0.39, 0.29) is 5.54 Å². The lowest BCUT2D eigenvalue weighted by atomic mass is 10.1. The van der Waals surface area contributed by atoms with Gasteiger partial charge in [-0.05, 0) is 51.8 Å². The molecular weight excluding hydrogens is 314 g/mol. The first-order valence-corrected chi connectivity index (χ1v) is 7.73. The van der Waals surface area contributed by atoms with Crippen LogP contribution in [0.2, 0.25) is 0 Å². The van der Waals surface area contributed by atoms with Gasteiger partial charge in [-0.3, -0.25) is 0 Å². The average Bonchev–Trinajstić information content (AvgIpc) is 2.33. The van der Waals surface area contributed by atoms with Gasteiger partial charge in [0.25, 0.3) is 0 Å². The molecule has 0 radical (unpaired) electrons. The van der Waals surface area contributed by atoms with Crippen molar-refractivity contribution in [2.75, 3.05) is 6.61 Å². The van der Waals surface area contributed by atoms with Gasteiger partial charge >= 0.3 is 0 Å². The predicted molar refractivity (Wildman–Crippen MR) is 89.0 cm³/mol. The number of ether oxygens (including phenoxy) is 1. The summed E-state index contributed by atoms with van der Waals surface area (Å²) in [5.41, 5.74) is 2.40. The van der Waals surface area contributed by atoms with Gasteiger partial charge in [0.05, 0.1) is 6.61 Å². The van der Waals surface area contributed by atoms with E-state index in [4.69, 9.17) is 11.2 Å². The molecule has 0 spiro atoms. The molecule has 2 nitrogen and oxygen atoms in total. The molecular formula is C17H24BrNO. The molecule has 0 aliphatic rings. The van der Waals surface area contributed by atoms with Crippen molar-refractivity contribution in [1.29, 1.82) is 0 Å². The first kappa shape index (κ1) is 17.1. The van der Waals surface area contributed by atoms with Crippen molar-refractivity contribution in [2.24, 2.45) is 0 Å². The van der Waals surface area contributed by atoms with Crippen LogP contribution in [0.1, 0.15) is 44.7 Å². The van der Waals surface area contributed by atoms with Crippen LogP contribution in [0.5, 0.6) is 5.75 Å². The SMILES string of the molecule is C#CCCCOc1c(C)cc(Br)cc1CNC(C)(C)C. The Labute approximate surface area is 131 Å². The number of benzene rings is 1. The van der Waals surface area contributed by atoms with Crippen molar-refractivity contribution < 1.29 is 4.74 Å². The molecule has 0 saturated carbocycles. The van der Waals surface area contributed by atoms with Gasteiger partial charge in [-0.15, -0.1) is 12.3 Å². The molecule has 0 atom stereocenters. The van der Waals surface area contributed by atoms with Gasteiger partial charge in [0, 0.05) is 28.5 Å². The zero-order valence-corrected chi connectivity index (χ0v) is 14.4. The van der Waals surface area contributed by atoms with Crippen molar-refractivity contribution in [3.05, 3.63) is 27.7 Å². The Balaban J connectivity index is 2.82. The van der Waals surface area contributed by atoms with Crippen LogP contribution in [0.25, 0.3) is 0 Å². The molecule has 0 aliphatic heterocycles. The maximum Gasteiger partial charge on any atom is 0.126 e. The molecule has 0 heterocycles. The number of nitrogens with one attached hydrogen (secondary N) is 1. The summed E-state index contributed by atoms with van der Waals surface area (Å²) in [5.74, 6) is 3.61. The Kier molecular flexibility index (Phi) is 6.58. The summed E-state index contributed by atoms with van der Waals surface area (Å²) in [6.07, 6.45) is 6.90. The van der Waals surface area contributed by atoms with E-state index in [1.54, 1.807) is 0 Å². The predicted octanol–water partition coefficient (Wildman–Crippen LogP) is 4.44. The third-order valence-corrected chi connectivity index (χ3v) is 3.30. The van der Waals surface area contributed by atoms with Gasteiger partial charge in [-0.1, -0.05) is 15.9 Å². The molecule has 0 saturated heterocycles. The van der Waals surface area contributed by atoms with Crippen LogP contribution in [0.15, 0.2) is 16.6 Å². The highest BCUT2D eigenvalue weighted by Crippen LogP contribution is 2.28. The summed E-state index contributed by atoms with van der Waals surface area (Å²) in [7, 11) is 0. The summed E-state index contributed by atoms with van der Waals surface area (Å²) in [6, 6.07) is 4.19. The van der Waals surface area contributed by atoms with Crippen molar-refractivity contribution in [2.45, 2.75) is 52.6 Å². The van der Waals surface area contributed by atoms with Crippen molar-refractivity contribution in [1.82, 2.24) is 5.32 Å². The molecule has 1 aromatic carbocycles. The summed E-state index contributed by atoms with van der Waals surface area (Å²) in [5, 5.41) is 3.50. The number of aryl methyl sites for hydroxylation is 1. The van der Waals surface area contributed by atoms with Crippen molar-refractivity contribution in [3.63, 3.8) is 0 Å². The molecule has 1 aromatic rings. The standard InChI is InChI=1S/C17H24BrNO/c1-6-7-8-9-20-16-13(2)10-15(18)11-14(16)12-19-17(3,4)5/h1,10-11,19H,7-9,12H2,2-5H3. The maximum atomic E-state index is 5.93. The Morgan fingerprint density at radius 2 is 2.05 bits per heavy atom. The highest BCUT2D eigenvalue weighted by Gasteiger charge is 2.13. The average molecular weight is 338 g/mol. The van der Waals surface area contributed by atoms with Crippen molar-refractivity contribution in [3.8, 4) is 18.1 Å². The number of hydrogen-bond acceptors (Lipinski definition) is 2. The Bertz CT molecular complexity index is 483. The Hall–Kier alpha value is -0.980. The zero-order chi connectivity index (χ0) is 15.2. The number of unbranched alkanes of at least 4 members (excludes halogenated alkanes) is 1. The minimum Gasteiger partial charge on any atom is -0.493 e. The third-order valence-electron chi connectivity index (χ3n) is 2.84. The van der Waals surface area contributed by atoms with E-state index in [1.807, 2.05) is 0 Å². The molecule has 0 unspecified atom stereocenters. The van der Waals surface area contributed by atoms with E-state index in [1.165, 1.54) is 5.56 Å². The number of hydrogen-bond donors (Lipinski definition) is 1. The maximum absolute atomic E-state index is 5.93. The fraction of sp³-hybridized carbons (Fsp3) is 0.529. The molecule has 0 bridgehead atoms. The molecule has 0 aromatic heterocycles. The van der Waals surface area contributed by atoms with Crippen LogP contribution in [-0.4, -0.2) is 12.1 Å². The lowest BCUT2D eigenvalue weighted by Gasteiger charge is -2.22. The molecule has 20 heavy (non-hydrogen) atoms. The van der Waals surface area contributed by atoms with E-state index in [0.29, 0.717) is 6.61 Å². The second-order valence-electron chi connectivity index (χ2n) is 5.97. The summed E-state index contributed by atoms with van der Waals surface area (Å²) in [4.78, 5) is 0. The molecule has 3 heteroatoms. The van der Waals surface area contributed by atoms with Gasteiger partial charge in [0.15, 0.2) is 0 Å². The molecule has 0 fully saturated rings. The number of halogens is 1. The third kappa shape index (κ3) is 5.98. The second kappa shape index (κ2) is 7.71. The summed E-state index contributed by atoms with van der Waals surface area (Å²) in [6.45, 7) is 9.99. The van der Waals surface area contributed by atoms with Gasteiger partial charge in [-0.2, -0.15) is 0 Å². The monoisotopic (exact) mass is 337 g/mol. The highest BCUT2D eigenvalue weighted by atomic mass is 79.9. The second-order valence-corrected chi connectivity index (χ2v) is 6.89. The first-order chi connectivity index (χ1) is 9.33. The van der Waals surface area contributed by atoms with E-state index < -0.39 is 0 Å². The number of terminal acetylenes is 1. The lowest BCUT2D eigenvalue weighted by molar-refractivity contribution is 0.304. The fourth-order valence-electron chi connectivity index (χ4n) is 1.85. The van der Waals surface area contributed by atoms with Crippen LogP contribution in [0.3, 0.4) is 0 Å². The van der Waals surface area contributed by atoms with Crippen LogP contribution in [0.4, 0.5) is 0 Å². The fourth-order valence-corrected chi connectivity index (χ4v) is 2.47. The lowest BCUT2D eigenvalue weighted by Crippen LogP contribution is -2.35. The summed E-state index contributed by atoms with van der Waals surface area (Å²) < 4.78 is 7.01. The van der Waals surface area contributed by atoms with Crippen LogP contribution >= 0.6 is 15.9 Å². The van der Waals surface area contributed by atoms with Crippen LogP contribution in [0, 0.1) is 19.3 Å². The zero-order valence-electron chi connectivity index (χ0n) is 12.8. The number of rotatable bonds is 6. The molecule has 110 valence electrons. The van der Waals surface area contributed by atoms with E-state index in [2.05, 4.69) is 67.0 Å². The van der Waals surface area contributed by atoms with Gasteiger partial charge < -0.3 is 10.1 Å². The first-order valence-electron chi connectivity index (χ1n) is 6.94. The van der Waals surface area contributed by atoms with Gasteiger partial charge in [0.1, 0.15) is 5.75 Å². The van der Waals surface area contributed by atoms with Gasteiger partial charge in [-0.25, -0.2) is 0 Å². The topological polar surface area (TPSA) is 21.3 Å². The molecule has 1 N–H and O–H groups in total. The van der Waals surface area contributed by atoms with E-state index >= 15 is 0 Å². The quantitative estimate of drug-likeness (QED) is 0.612. The molecule has 0 aliphatic carbocycles. The van der Waals surface area contributed by atoms with Crippen LogP contribution < -0.4 is 10.1 Å².